The van der Waals surface area contributed by atoms with Crippen molar-refractivity contribution in [3.63, 3.8) is 0 Å². The summed E-state index contributed by atoms with van der Waals surface area (Å²) in [6.07, 6.45) is -2.00. The maximum Gasteiger partial charge on any atom is 0.416 e. The monoisotopic (exact) mass is 450 g/mol. The summed E-state index contributed by atoms with van der Waals surface area (Å²) in [7, 11) is 0. The summed E-state index contributed by atoms with van der Waals surface area (Å²) in [6, 6.07) is 6.90. The lowest BCUT2D eigenvalue weighted by atomic mass is 10.1. The number of unbranched alkanes of at least 4 members (excludes halogenated alkanes) is 1. The zero-order valence-electron chi connectivity index (χ0n) is 17.1. The number of carbonyl (C=O) groups is 1. The molecule has 0 aliphatic heterocycles. The van der Waals surface area contributed by atoms with Crippen LogP contribution < -0.4 is 21.9 Å². The van der Waals surface area contributed by atoms with Crippen LogP contribution in [0.3, 0.4) is 0 Å². The number of amides is 1. The number of nitrogens with zero attached hydrogens (tertiary/aromatic N) is 2. The molecule has 0 aliphatic rings. The van der Waals surface area contributed by atoms with Crippen LogP contribution in [0.1, 0.15) is 41.4 Å². The van der Waals surface area contributed by atoms with Gasteiger partial charge in [0.2, 0.25) is 0 Å². The highest BCUT2D eigenvalue weighted by molar-refractivity contribution is 6.07. The molecule has 0 radical (unpaired) electrons. The number of nitrogens with two attached hydrogens (primary N) is 1. The molecule has 0 atom stereocenters. The lowest BCUT2D eigenvalue weighted by Crippen LogP contribution is -2.41. The van der Waals surface area contributed by atoms with E-state index in [-0.39, 0.29) is 35.9 Å². The number of anilines is 2. The Morgan fingerprint density at radius 1 is 1.22 bits per heavy atom. The molecule has 8 nitrogen and oxygen atoms in total. The Labute approximate surface area is 180 Å². The molecule has 170 valence electrons. The van der Waals surface area contributed by atoms with Crippen LogP contribution in [0.4, 0.5) is 24.7 Å². The molecule has 32 heavy (non-hydrogen) atoms. The molecule has 0 spiro atoms. The fourth-order valence-electron chi connectivity index (χ4n) is 3.17. The quantitative estimate of drug-likeness (QED) is 0.573. The summed E-state index contributed by atoms with van der Waals surface area (Å²) >= 11 is 0. The first-order chi connectivity index (χ1) is 15.1. The predicted molar refractivity (Wildman–Crippen MR) is 111 cm³/mol. The third-order valence-corrected chi connectivity index (χ3v) is 4.80. The molecule has 11 heteroatoms. The SMILES string of the molecule is CCCCn1c(N)c(N(Cc2ccco2)C(=O)c2cccc(C(F)(F)F)c2)c(=O)[nH]c1=O. The standard InChI is InChI=1S/C21H21F3N4O4/c1-2-3-9-27-17(25)16(18(29)26-20(27)31)28(12-15-8-5-10-32-15)19(30)13-6-4-7-14(11-13)21(22,23)24/h4-8,10-11H,2-3,9,12,25H2,1H3,(H,26,29,31). The van der Waals surface area contributed by atoms with Crippen molar-refractivity contribution in [1.29, 1.82) is 0 Å². The first kappa shape index (κ1) is 22.9. The average molecular weight is 450 g/mol. The van der Waals surface area contributed by atoms with E-state index in [4.69, 9.17) is 10.2 Å². The third-order valence-electron chi connectivity index (χ3n) is 4.80. The number of benzene rings is 1. The highest BCUT2D eigenvalue weighted by atomic mass is 19.4. The summed E-state index contributed by atoms with van der Waals surface area (Å²) in [5.41, 5.74) is 2.76. The molecule has 0 fully saturated rings. The van der Waals surface area contributed by atoms with Crippen molar-refractivity contribution in [1.82, 2.24) is 9.55 Å². The minimum Gasteiger partial charge on any atom is -0.467 e. The summed E-state index contributed by atoms with van der Waals surface area (Å²) in [6.45, 7) is 1.80. The van der Waals surface area contributed by atoms with Gasteiger partial charge in [-0.3, -0.25) is 24.0 Å². The highest BCUT2D eigenvalue weighted by Gasteiger charge is 2.32. The smallest absolute Gasteiger partial charge is 0.416 e. The maximum absolute atomic E-state index is 13.3. The van der Waals surface area contributed by atoms with E-state index in [2.05, 4.69) is 4.98 Å². The summed E-state index contributed by atoms with van der Waals surface area (Å²) in [5.74, 6) is -0.917. The fourth-order valence-corrected chi connectivity index (χ4v) is 3.17. The Kier molecular flexibility index (Phi) is 6.56. The van der Waals surface area contributed by atoms with E-state index in [9.17, 15) is 27.6 Å². The van der Waals surface area contributed by atoms with E-state index >= 15 is 0 Å². The van der Waals surface area contributed by atoms with Gasteiger partial charge in [0.1, 0.15) is 11.6 Å². The van der Waals surface area contributed by atoms with Gasteiger partial charge in [0.25, 0.3) is 11.5 Å². The number of hydrogen-bond donors (Lipinski definition) is 2. The number of nitrogens with one attached hydrogen (secondary N) is 1. The molecule has 3 N–H and O–H groups in total. The number of alkyl halides is 3. The highest BCUT2D eigenvalue weighted by Crippen LogP contribution is 2.30. The molecule has 2 aromatic heterocycles. The van der Waals surface area contributed by atoms with Crippen LogP contribution in [0.2, 0.25) is 0 Å². The molecule has 3 rings (SSSR count). The lowest BCUT2D eigenvalue weighted by Gasteiger charge is -2.24. The first-order valence-electron chi connectivity index (χ1n) is 9.77. The van der Waals surface area contributed by atoms with Crippen LogP contribution in [0.15, 0.2) is 56.7 Å². The number of aromatic nitrogens is 2. The van der Waals surface area contributed by atoms with Crippen molar-refractivity contribution >= 4 is 17.4 Å². The second kappa shape index (κ2) is 9.16. The minimum absolute atomic E-state index is 0.192. The van der Waals surface area contributed by atoms with Crippen LogP contribution in [-0.4, -0.2) is 15.5 Å². The number of carbonyl (C=O) groups excluding carboxylic acids is 1. The van der Waals surface area contributed by atoms with Gasteiger partial charge >= 0.3 is 11.9 Å². The molecule has 0 saturated carbocycles. The van der Waals surface area contributed by atoms with E-state index in [1.807, 2.05) is 6.92 Å². The minimum atomic E-state index is -4.66. The van der Waals surface area contributed by atoms with Crippen molar-refractivity contribution in [3.8, 4) is 0 Å². The van der Waals surface area contributed by atoms with Crippen LogP contribution in [-0.2, 0) is 19.3 Å². The van der Waals surface area contributed by atoms with Gasteiger partial charge in [0.15, 0.2) is 5.69 Å². The zero-order valence-corrected chi connectivity index (χ0v) is 17.1. The lowest BCUT2D eigenvalue weighted by molar-refractivity contribution is -0.137. The Morgan fingerprint density at radius 3 is 2.59 bits per heavy atom. The van der Waals surface area contributed by atoms with Gasteiger partial charge < -0.3 is 10.2 Å². The molecule has 0 saturated heterocycles. The second-order valence-corrected chi connectivity index (χ2v) is 7.05. The fraction of sp³-hybridized carbons (Fsp3) is 0.286. The molecule has 0 bridgehead atoms. The van der Waals surface area contributed by atoms with Gasteiger partial charge in [-0.05, 0) is 36.8 Å². The summed E-state index contributed by atoms with van der Waals surface area (Å²) in [4.78, 5) is 41.2. The Hall–Kier alpha value is -3.76. The van der Waals surface area contributed by atoms with Gasteiger partial charge in [-0.2, -0.15) is 13.2 Å². The first-order valence-corrected chi connectivity index (χ1v) is 9.77. The van der Waals surface area contributed by atoms with E-state index in [0.29, 0.717) is 12.5 Å². The van der Waals surface area contributed by atoms with Gasteiger partial charge in [-0.1, -0.05) is 19.4 Å². The number of hydrogen-bond acceptors (Lipinski definition) is 5. The van der Waals surface area contributed by atoms with Crippen molar-refractivity contribution in [2.75, 3.05) is 10.6 Å². The number of furan rings is 1. The molecule has 0 aliphatic carbocycles. The van der Waals surface area contributed by atoms with Crippen molar-refractivity contribution < 1.29 is 22.4 Å². The molecular formula is C21H21F3N4O4. The Bertz CT molecular complexity index is 1210. The Balaban J connectivity index is 2.15. The van der Waals surface area contributed by atoms with E-state index < -0.39 is 28.9 Å². The molecule has 3 aromatic rings. The van der Waals surface area contributed by atoms with Crippen LogP contribution >= 0.6 is 0 Å². The average Bonchev–Trinajstić information content (AvgIpc) is 3.25. The number of rotatable bonds is 7. The summed E-state index contributed by atoms with van der Waals surface area (Å²) in [5, 5.41) is 0. The van der Waals surface area contributed by atoms with Crippen LogP contribution in [0.25, 0.3) is 0 Å². The van der Waals surface area contributed by atoms with Gasteiger partial charge in [-0.15, -0.1) is 0 Å². The van der Waals surface area contributed by atoms with Crippen LogP contribution in [0.5, 0.6) is 0 Å². The van der Waals surface area contributed by atoms with E-state index in [0.717, 1.165) is 28.0 Å². The molecule has 1 amide bonds. The molecule has 0 unspecified atom stereocenters. The third kappa shape index (κ3) is 4.76. The zero-order chi connectivity index (χ0) is 23.5. The Morgan fingerprint density at radius 2 is 1.97 bits per heavy atom. The van der Waals surface area contributed by atoms with E-state index in [1.165, 1.54) is 18.4 Å². The van der Waals surface area contributed by atoms with E-state index in [1.54, 1.807) is 6.07 Å². The largest absolute Gasteiger partial charge is 0.467 e. The second-order valence-electron chi connectivity index (χ2n) is 7.05. The maximum atomic E-state index is 13.3. The van der Waals surface area contributed by atoms with Gasteiger partial charge in [0, 0.05) is 12.1 Å². The van der Waals surface area contributed by atoms with Crippen molar-refractivity contribution in [2.24, 2.45) is 0 Å². The van der Waals surface area contributed by atoms with Gasteiger partial charge in [0.05, 0.1) is 18.4 Å². The topological polar surface area (TPSA) is 114 Å². The normalized spacial score (nSPS) is 11.5. The molecule has 1 aromatic carbocycles. The molecule has 2 heterocycles. The van der Waals surface area contributed by atoms with Gasteiger partial charge in [-0.25, -0.2) is 4.79 Å². The van der Waals surface area contributed by atoms with Crippen molar-refractivity contribution in [2.45, 2.75) is 39.0 Å². The number of nitrogen functional groups attached to an aromatic ring is 1. The molecular weight excluding hydrogens is 429 g/mol. The summed E-state index contributed by atoms with van der Waals surface area (Å²) < 4.78 is 45.8. The predicted octanol–water partition coefficient (Wildman–Crippen LogP) is 3.38. The number of halogens is 3. The van der Waals surface area contributed by atoms with Crippen molar-refractivity contribution in [3.05, 3.63) is 80.4 Å². The van der Waals surface area contributed by atoms with Crippen LogP contribution in [0, 0.1) is 0 Å². The number of aromatic amines is 1. The number of H-pyrrole nitrogens is 1.